The number of benzene rings is 1. The first-order chi connectivity index (χ1) is 12.5. The van der Waals surface area contributed by atoms with Crippen LogP contribution in [-0.2, 0) is 6.54 Å². The van der Waals surface area contributed by atoms with Gasteiger partial charge in [-0.1, -0.05) is 6.92 Å². The van der Waals surface area contributed by atoms with Crippen molar-refractivity contribution in [3.63, 3.8) is 0 Å². The Balaban J connectivity index is 1.43. The number of halogens is 1. The van der Waals surface area contributed by atoms with Crippen molar-refractivity contribution in [1.29, 1.82) is 0 Å². The van der Waals surface area contributed by atoms with Gasteiger partial charge in [0, 0.05) is 18.5 Å². The quantitative estimate of drug-likeness (QED) is 0.643. The molecule has 26 heavy (non-hydrogen) atoms. The highest BCUT2D eigenvalue weighted by Crippen LogP contribution is 2.47. The second-order valence-electron chi connectivity index (χ2n) is 6.96. The van der Waals surface area contributed by atoms with E-state index in [4.69, 9.17) is 8.83 Å². The summed E-state index contributed by atoms with van der Waals surface area (Å²) in [5, 5.41) is 0. The van der Waals surface area contributed by atoms with E-state index >= 15 is 0 Å². The predicted octanol–water partition coefficient (Wildman–Crippen LogP) is 5.07. The molecule has 2 heterocycles. The van der Waals surface area contributed by atoms with Crippen molar-refractivity contribution in [2.24, 2.45) is 5.92 Å². The highest BCUT2D eigenvalue weighted by atomic mass is 19.1. The number of hydrogen-bond acceptors (Lipinski definition) is 3. The molecule has 0 aliphatic heterocycles. The molecular formula is C21H20FNO3. The number of carbonyl (C=O) groups excluding carboxylic acids is 1. The van der Waals surface area contributed by atoms with E-state index in [9.17, 15) is 9.18 Å². The molecule has 5 heteroatoms. The van der Waals surface area contributed by atoms with Crippen LogP contribution in [0.3, 0.4) is 0 Å². The monoisotopic (exact) mass is 353 g/mol. The highest BCUT2D eigenvalue weighted by Gasteiger charge is 2.36. The Kier molecular flexibility index (Phi) is 4.15. The van der Waals surface area contributed by atoms with Crippen LogP contribution >= 0.6 is 0 Å². The van der Waals surface area contributed by atoms with E-state index in [1.165, 1.54) is 18.6 Å². The summed E-state index contributed by atoms with van der Waals surface area (Å²) < 4.78 is 24.5. The van der Waals surface area contributed by atoms with Crippen LogP contribution in [0.15, 0.2) is 57.4 Å². The molecule has 134 valence electrons. The smallest absolute Gasteiger partial charge is 0.289 e. The average Bonchev–Trinajstić information content (AvgIpc) is 3.05. The van der Waals surface area contributed by atoms with Gasteiger partial charge in [0.2, 0.25) is 0 Å². The van der Waals surface area contributed by atoms with Crippen molar-refractivity contribution in [1.82, 2.24) is 4.90 Å². The van der Waals surface area contributed by atoms with Gasteiger partial charge < -0.3 is 13.7 Å². The second kappa shape index (κ2) is 6.48. The lowest BCUT2D eigenvalue weighted by atomic mass is 10.2. The number of rotatable bonds is 5. The first-order valence-electron chi connectivity index (χ1n) is 8.71. The van der Waals surface area contributed by atoms with Crippen LogP contribution in [0, 0.1) is 11.7 Å². The zero-order valence-electron chi connectivity index (χ0n) is 14.7. The van der Waals surface area contributed by atoms with Gasteiger partial charge in [0.05, 0.1) is 6.54 Å². The van der Waals surface area contributed by atoms with Gasteiger partial charge in [-0.05, 0) is 60.9 Å². The van der Waals surface area contributed by atoms with Gasteiger partial charge in [-0.15, -0.1) is 0 Å². The van der Waals surface area contributed by atoms with Crippen LogP contribution in [-0.4, -0.2) is 17.9 Å². The molecule has 1 aromatic carbocycles. The van der Waals surface area contributed by atoms with Crippen LogP contribution in [0.2, 0.25) is 0 Å². The number of carbonyl (C=O) groups is 1. The Labute approximate surface area is 151 Å². The van der Waals surface area contributed by atoms with Crippen molar-refractivity contribution in [3.05, 3.63) is 71.6 Å². The summed E-state index contributed by atoms with van der Waals surface area (Å²) in [6.07, 6.45) is 1.17. The van der Waals surface area contributed by atoms with Crippen LogP contribution in [0.25, 0.3) is 11.3 Å². The molecule has 0 unspecified atom stereocenters. The molecule has 4 nitrogen and oxygen atoms in total. The van der Waals surface area contributed by atoms with E-state index in [2.05, 4.69) is 6.92 Å². The summed E-state index contributed by atoms with van der Waals surface area (Å²) in [4.78, 5) is 14.1. The molecule has 1 fully saturated rings. The zero-order chi connectivity index (χ0) is 18.3. The summed E-state index contributed by atoms with van der Waals surface area (Å²) >= 11 is 0. The Hall–Kier alpha value is -2.82. The molecule has 1 amide bonds. The molecule has 0 spiro atoms. The van der Waals surface area contributed by atoms with Crippen molar-refractivity contribution >= 4 is 5.91 Å². The molecule has 1 aliphatic rings. The number of furan rings is 2. The van der Waals surface area contributed by atoms with Gasteiger partial charge >= 0.3 is 0 Å². The molecule has 0 radical (unpaired) electrons. The Morgan fingerprint density at radius 1 is 1.12 bits per heavy atom. The lowest BCUT2D eigenvalue weighted by Crippen LogP contribution is -2.25. The SMILES string of the molecule is C[C@H]1C[C@H]1c1ccc(CN(C)C(=O)c2ccc(-c3ccc(F)cc3)o2)o1. The normalized spacial score (nSPS) is 18.7. The molecule has 1 saturated carbocycles. The van der Waals surface area contributed by atoms with E-state index in [0.29, 0.717) is 24.1 Å². The number of amides is 1. The number of nitrogens with zero attached hydrogens (tertiary/aromatic N) is 1. The molecule has 0 bridgehead atoms. The van der Waals surface area contributed by atoms with Gasteiger partial charge in [0.25, 0.3) is 5.91 Å². The Bertz CT molecular complexity index is 925. The van der Waals surface area contributed by atoms with Gasteiger partial charge in [0.1, 0.15) is 23.1 Å². The van der Waals surface area contributed by atoms with Crippen LogP contribution < -0.4 is 0 Å². The number of hydrogen-bond donors (Lipinski definition) is 0. The van der Waals surface area contributed by atoms with Gasteiger partial charge in [-0.25, -0.2) is 4.39 Å². The van der Waals surface area contributed by atoms with E-state index in [1.54, 1.807) is 36.2 Å². The summed E-state index contributed by atoms with van der Waals surface area (Å²) in [5.74, 6) is 3.21. The first kappa shape index (κ1) is 16.6. The minimum atomic E-state index is -0.310. The van der Waals surface area contributed by atoms with Gasteiger partial charge in [-0.2, -0.15) is 0 Å². The summed E-state index contributed by atoms with van der Waals surface area (Å²) in [6, 6.07) is 13.2. The molecule has 4 rings (SSSR count). The molecule has 1 aliphatic carbocycles. The molecule has 0 saturated heterocycles. The lowest BCUT2D eigenvalue weighted by Gasteiger charge is -2.14. The molecular weight excluding hydrogens is 333 g/mol. The standard InChI is InChI=1S/C21H20FNO3/c1-13-11-17(13)19-8-7-16(25-19)12-23(2)21(24)20-10-9-18(26-20)14-3-5-15(22)6-4-14/h3-10,13,17H,11-12H2,1-2H3/t13-,17+/m0/s1. The second-order valence-corrected chi connectivity index (χ2v) is 6.96. The molecule has 2 aromatic heterocycles. The van der Waals surface area contributed by atoms with E-state index in [-0.39, 0.29) is 17.5 Å². The maximum Gasteiger partial charge on any atom is 0.289 e. The minimum absolute atomic E-state index is 0.226. The van der Waals surface area contributed by atoms with Crippen LogP contribution in [0.4, 0.5) is 4.39 Å². The maximum absolute atomic E-state index is 13.0. The van der Waals surface area contributed by atoms with Gasteiger partial charge in [-0.3, -0.25) is 4.79 Å². The maximum atomic E-state index is 13.0. The molecule has 0 N–H and O–H groups in total. The third kappa shape index (κ3) is 3.29. The van der Waals surface area contributed by atoms with E-state index < -0.39 is 0 Å². The van der Waals surface area contributed by atoms with Crippen molar-refractivity contribution < 1.29 is 18.0 Å². The third-order valence-electron chi connectivity index (χ3n) is 4.84. The minimum Gasteiger partial charge on any atom is -0.464 e. The fourth-order valence-electron chi connectivity index (χ4n) is 3.11. The summed E-state index contributed by atoms with van der Waals surface area (Å²) in [6.45, 7) is 2.59. The van der Waals surface area contributed by atoms with E-state index in [1.807, 2.05) is 12.1 Å². The molecule has 2 atom stereocenters. The largest absolute Gasteiger partial charge is 0.464 e. The topological polar surface area (TPSA) is 46.6 Å². The van der Waals surface area contributed by atoms with Gasteiger partial charge in [0.15, 0.2) is 5.76 Å². The van der Waals surface area contributed by atoms with E-state index in [0.717, 1.165) is 17.1 Å². The lowest BCUT2D eigenvalue weighted by molar-refractivity contribution is 0.0744. The fourth-order valence-corrected chi connectivity index (χ4v) is 3.11. The third-order valence-corrected chi connectivity index (χ3v) is 4.84. The Morgan fingerprint density at radius 3 is 2.54 bits per heavy atom. The fraction of sp³-hybridized carbons (Fsp3) is 0.286. The molecule has 3 aromatic rings. The summed E-state index contributed by atoms with van der Waals surface area (Å²) in [5.41, 5.74) is 0.724. The van der Waals surface area contributed by atoms with Crippen molar-refractivity contribution in [2.75, 3.05) is 7.05 Å². The van der Waals surface area contributed by atoms with Crippen molar-refractivity contribution in [2.45, 2.75) is 25.8 Å². The van der Waals surface area contributed by atoms with Crippen LogP contribution in [0.5, 0.6) is 0 Å². The Morgan fingerprint density at radius 2 is 1.85 bits per heavy atom. The van der Waals surface area contributed by atoms with Crippen LogP contribution in [0.1, 0.15) is 41.3 Å². The summed E-state index contributed by atoms with van der Waals surface area (Å²) in [7, 11) is 1.71. The average molecular weight is 353 g/mol. The first-order valence-corrected chi connectivity index (χ1v) is 8.71. The predicted molar refractivity (Wildman–Crippen MR) is 95.1 cm³/mol. The highest BCUT2D eigenvalue weighted by molar-refractivity contribution is 5.91. The van der Waals surface area contributed by atoms with Crippen molar-refractivity contribution in [3.8, 4) is 11.3 Å². The zero-order valence-corrected chi connectivity index (χ0v) is 14.7.